The Bertz CT molecular complexity index is 753. The molecule has 0 aliphatic rings. The number of carbonyl (C=O) groups is 1. The molecule has 0 aliphatic heterocycles. The van der Waals surface area contributed by atoms with Gasteiger partial charge < -0.3 is 19.8 Å². The number of esters is 1. The largest absolute Gasteiger partial charge is 0.462 e. The summed E-state index contributed by atoms with van der Waals surface area (Å²) >= 11 is 1.20. The molecule has 0 amide bonds. The molecule has 0 fully saturated rings. The monoisotopic (exact) mass is 340 g/mol. The zero-order valence-corrected chi connectivity index (χ0v) is 14.6. The number of thiophene rings is 1. The fourth-order valence-electron chi connectivity index (χ4n) is 2.32. The maximum absolute atomic E-state index is 12.4. The molecule has 0 saturated carbocycles. The fraction of sp³-hybridized carbons (Fsp3) is 0.533. The lowest BCUT2D eigenvalue weighted by Gasteiger charge is -2.09. The van der Waals surface area contributed by atoms with E-state index in [0.29, 0.717) is 39.7 Å². The minimum Gasteiger partial charge on any atom is -0.462 e. The Morgan fingerprint density at radius 2 is 2.22 bits per heavy atom. The number of aromatic amines is 1. The summed E-state index contributed by atoms with van der Waals surface area (Å²) in [6.07, 6.45) is 0. The molecule has 23 heavy (non-hydrogen) atoms. The van der Waals surface area contributed by atoms with Gasteiger partial charge in [-0.15, -0.1) is 11.3 Å². The number of ether oxygens (including phenoxy) is 2. The van der Waals surface area contributed by atoms with E-state index in [2.05, 4.69) is 9.97 Å². The third-order valence-electron chi connectivity index (χ3n) is 3.55. The topological polar surface area (TPSA) is 97.9 Å². The van der Waals surface area contributed by atoms with E-state index in [0.717, 1.165) is 6.54 Å². The lowest BCUT2D eigenvalue weighted by molar-refractivity contribution is -0.694. The molecule has 0 radical (unpaired) electrons. The van der Waals surface area contributed by atoms with E-state index in [1.54, 1.807) is 21.0 Å². The van der Waals surface area contributed by atoms with Crippen molar-refractivity contribution in [1.29, 1.82) is 0 Å². The van der Waals surface area contributed by atoms with Gasteiger partial charge in [-0.25, -0.2) is 9.78 Å². The summed E-state index contributed by atoms with van der Waals surface area (Å²) in [7, 11) is 1.65. The van der Waals surface area contributed by atoms with Crippen LogP contribution in [0.2, 0.25) is 0 Å². The Kier molecular flexibility index (Phi) is 5.86. The van der Waals surface area contributed by atoms with Crippen LogP contribution in [0.4, 0.5) is 0 Å². The second-order valence-electron chi connectivity index (χ2n) is 5.21. The Balaban J connectivity index is 2.38. The smallest absolute Gasteiger partial charge is 0.348 e. The summed E-state index contributed by atoms with van der Waals surface area (Å²) in [5.41, 5.74) is 0.404. The molecule has 7 nitrogen and oxygen atoms in total. The maximum atomic E-state index is 12.4. The third kappa shape index (κ3) is 3.77. The van der Waals surface area contributed by atoms with E-state index in [1.807, 2.05) is 12.2 Å². The van der Waals surface area contributed by atoms with Gasteiger partial charge in [-0.2, -0.15) is 0 Å². The van der Waals surface area contributed by atoms with Crippen molar-refractivity contribution in [3.63, 3.8) is 0 Å². The van der Waals surface area contributed by atoms with Crippen molar-refractivity contribution in [3.8, 4) is 0 Å². The van der Waals surface area contributed by atoms with E-state index in [-0.39, 0.29) is 11.6 Å². The molecule has 2 rings (SSSR count). The Morgan fingerprint density at radius 3 is 2.87 bits per heavy atom. The molecule has 2 aromatic heterocycles. The molecule has 0 bridgehead atoms. The van der Waals surface area contributed by atoms with E-state index in [9.17, 15) is 9.59 Å². The molecule has 0 unspecified atom stereocenters. The molecule has 8 heteroatoms. The quantitative estimate of drug-likeness (QED) is 0.572. The highest BCUT2D eigenvalue weighted by Crippen LogP contribution is 2.27. The number of H-pyrrole nitrogens is 1. The van der Waals surface area contributed by atoms with Crippen LogP contribution in [0.15, 0.2) is 4.79 Å². The summed E-state index contributed by atoms with van der Waals surface area (Å²) in [6.45, 7) is 7.16. The fourth-order valence-corrected chi connectivity index (χ4v) is 3.40. The number of nitrogens with one attached hydrogen (secondary N) is 1. The Morgan fingerprint density at radius 1 is 1.48 bits per heavy atom. The second-order valence-corrected chi connectivity index (χ2v) is 6.21. The number of aryl methyl sites for hydroxylation is 1. The number of nitrogens with two attached hydrogens (primary N) is 1. The van der Waals surface area contributed by atoms with Crippen LogP contribution >= 0.6 is 11.3 Å². The number of hydrogen-bond donors (Lipinski definition) is 2. The first-order chi connectivity index (χ1) is 11.0. The van der Waals surface area contributed by atoms with Crippen LogP contribution in [0, 0.1) is 6.92 Å². The van der Waals surface area contributed by atoms with Gasteiger partial charge in [-0.05, 0) is 26.3 Å². The number of quaternary nitrogens is 1. The van der Waals surface area contributed by atoms with Gasteiger partial charge >= 0.3 is 5.97 Å². The van der Waals surface area contributed by atoms with Gasteiger partial charge in [0.15, 0.2) is 5.82 Å². The molecular formula is C15H22N3O4S+. The highest BCUT2D eigenvalue weighted by atomic mass is 32.1. The summed E-state index contributed by atoms with van der Waals surface area (Å²) in [6, 6.07) is -0.00398. The number of hydrogen-bond acceptors (Lipinski definition) is 6. The van der Waals surface area contributed by atoms with E-state index >= 15 is 0 Å². The highest BCUT2D eigenvalue weighted by Gasteiger charge is 2.21. The number of fused-ring (bicyclic) bond motifs is 1. The molecule has 3 N–H and O–H groups in total. The van der Waals surface area contributed by atoms with Crippen LogP contribution < -0.4 is 10.9 Å². The van der Waals surface area contributed by atoms with Gasteiger partial charge in [0.25, 0.3) is 5.56 Å². The summed E-state index contributed by atoms with van der Waals surface area (Å²) in [5, 5.41) is 2.51. The summed E-state index contributed by atoms with van der Waals surface area (Å²) in [5.74, 6) is 0.184. The number of nitrogens with zero attached hydrogens (tertiary/aromatic N) is 1. The molecule has 2 heterocycles. The average molecular weight is 340 g/mol. The van der Waals surface area contributed by atoms with Crippen molar-refractivity contribution in [2.75, 3.05) is 26.9 Å². The molecular weight excluding hydrogens is 318 g/mol. The van der Waals surface area contributed by atoms with Gasteiger partial charge in [0.2, 0.25) is 0 Å². The van der Waals surface area contributed by atoms with E-state index < -0.39 is 5.97 Å². The van der Waals surface area contributed by atoms with Crippen LogP contribution in [-0.2, 0) is 9.47 Å². The normalized spacial score (nSPS) is 12.5. The first kappa shape index (κ1) is 17.6. The van der Waals surface area contributed by atoms with Crippen molar-refractivity contribution in [2.24, 2.45) is 0 Å². The first-order valence-corrected chi connectivity index (χ1v) is 8.33. The van der Waals surface area contributed by atoms with Crippen LogP contribution in [-0.4, -0.2) is 42.8 Å². The van der Waals surface area contributed by atoms with Gasteiger partial charge in [-0.3, -0.25) is 4.79 Å². The number of carbonyl (C=O) groups excluding carboxylic acids is 1. The highest BCUT2D eigenvalue weighted by molar-refractivity contribution is 7.20. The molecule has 0 aliphatic carbocycles. The lowest BCUT2D eigenvalue weighted by Crippen LogP contribution is -2.85. The predicted molar refractivity (Wildman–Crippen MR) is 88.0 cm³/mol. The Labute approximate surface area is 138 Å². The molecule has 0 spiro atoms. The van der Waals surface area contributed by atoms with Gasteiger partial charge in [0.1, 0.15) is 15.7 Å². The molecule has 126 valence electrons. The van der Waals surface area contributed by atoms with Crippen molar-refractivity contribution in [2.45, 2.75) is 26.8 Å². The molecule has 2 aromatic rings. The number of methoxy groups -OCH3 is 1. The van der Waals surface area contributed by atoms with E-state index in [1.165, 1.54) is 11.3 Å². The van der Waals surface area contributed by atoms with Crippen molar-refractivity contribution in [3.05, 3.63) is 26.6 Å². The van der Waals surface area contributed by atoms with Crippen LogP contribution in [0.1, 0.15) is 40.9 Å². The molecule has 1 atom stereocenters. The Hall–Kier alpha value is -1.77. The SMILES string of the molecule is CCOC(=O)c1sc2nc([C@@H](C)[NH2+]CCOC)[nH]c(=O)c2c1C. The van der Waals surface area contributed by atoms with Crippen LogP contribution in [0.5, 0.6) is 0 Å². The van der Waals surface area contributed by atoms with Gasteiger partial charge in [0, 0.05) is 7.11 Å². The van der Waals surface area contributed by atoms with Gasteiger partial charge in [0.05, 0.1) is 25.1 Å². The van der Waals surface area contributed by atoms with E-state index in [4.69, 9.17) is 9.47 Å². The minimum atomic E-state index is -0.409. The first-order valence-electron chi connectivity index (χ1n) is 7.52. The number of aromatic nitrogens is 2. The summed E-state index contributed by atoms with van der Waals surface area (Å²) < 4.78 is 10.1. The average Bonchev–Trinajstić information content (AvgIpc) is 2.85. The zero-order valence-electron chi connectivity index (χ0n) is 13.8. The standard InChI is InChI=1S/C15H21N3O4S/c1-5-22-15(20)11-8(2)10-13(19)17-12(18-14(10)23-11)9(3)16-6-7-21-4/h9,16H,5-7H2,1-4H3,(H,17,18,19)/p+1/t9-/m1/s1. The zero-order chi connectivity index (χ0) is 17.0. The van der Waals surface area contributed by atoms with Gasteiger partial charge in [-0.1, -0.05) is 0 Å². The lowest BCUT2D eigenvalue weighted by atomic mass is 10.2. The molecule has 0 aromatic carbocycles. The van der Waals surface area contributed by atoms with Crippen molar-refractivity contribution in [1.82, 2.24) is 9.97 Å². The van der Waals surface area contributed by atoms with Crippen LogP contribution in [0.3, 0.4) is 0 Å². The van der Waals surface area contributed by atoms with Crippen molar-refractivity contribution >= 4 is 27.5 Å². The van der Waals surface area contributed by atoms with Crippen molar-refractivity contribution < 1.29 is 19.6 Å². The third-order valence-corrected chi connectivity index (χ3v) is 4.72. The molecule has 0 saturated heterocycles. The summed E-state index contributed by atoms with van der Waals surface area (Å²) in [4.78, 5) is 32.7. The predicted octanol–water partition coefficient (Wildman–Crippen LogP) is 0.741. The van der Waals surface area contributed by atoms with Crippen LogP contribution in [0.25, 0.3) is 10.2 Å². The number of rotatable bonds is 7. The second kappa shape index (κ2) is 7.67. The minimum absolute atomic E-state index is 0.00398. The maximum Gasteiger partial charge on any atom is 0.348 e.